The van der Waals surface area contributed by atoms with E-state index in [4.69, 9.17) is 27.9 Å². The third kappa shape index (κ3) is 4.87. The van der Waals surface area contributed by atoms with Gasteiger partial charge in [-0.25, -0.2) is 13.1 Å². The van der Waals surface area contributed by atoms with Crippen molar-refractivity contribution in [2.45, 2.75) is 18.4 Å². The topological polar surface area (TPSA) is 67.4 Å². The van der Waals surface area contributed by atoms with Crippen LogP contribution >= 0.6 is 23.2 Å². The zero-order valence-corrected chi connectivity index (χ0v) is 13.7. The second kappa shape index (κ2) is 8.17. The van der Waals surface area contributed by atoms with Crippen LogP contribution in [0.25, 0.3) is 0 Å². The van der Waals surface area contributed by atoms with Gasteiger partial charge in [0.05, 0.1) is 11.6 Å². The van der Waals surface area contributed by atoms with Crippen LogP contribution in [0.15, 0.2) is 17.0 Å². The summed E-state index contributed by atoms with van der Waals surface area (Å²) in [7, 11) is -2.21. The summed E-state index contributed by atoms with van der Waals surface area (Å²) in [5.41, 5.74) is 0.646. The van der Waals surface area contributed by atoms with Gasteiger partial charge in [0, 0.05) is 25.2 Å². The molecule has 0 aliphatic carbocycles. The number of hydrogen-bond acceptors (Lipinski definition) is 4. The fourth-order valence-electron chi connectivity index (χ4n) is 1.56. The van der Waals surface area contributed by atoms with E-state index >= 15 is 0 Å². The highest BCUT2D eigenvalue weighted by Crippen LogP contribution is 2.29. The third-order valence-electron chi connectivity index (χ3n) is 2.53. The number of methoxy groups -OCH3 is 1. The van der Waals surface area contributed by atoms with Gasteiger partial charge in [0.25, 0.3) is 0 Å². The smallest absolute Gasteiger partial charge is 0.242 e. The lowest BCUT2D eigenvalue weighted by Gasteiger charge is -2.12. The second-order valence-corrected chi connectivity index (χ2v) is 6.60. The molecule has 0 saturated carbocycles. The first-order chi connectivity index (χ1) is 9.42. The maximum absolute atomic E-state index is 12.2. The zero-order valence-electron chi connectivity index (χ0n) is 11.4. The van der Waals surface area contributed by atoms with Crippen molar-refractivity contribution in [3.8, 4) is 0 Å². The molecule has 0 spiro atoms. The molecule has 20 heavy (non-hydrogen) atoms. The van der Waals surface area contributed by atoms with Gasteiger partial charge in [-0.15, -0.1) is 0 Å². The Morgan fingerprint density at radius 3 is 2.60 bits per heavy atom. The second-order valence-electron chi connectivity index (χ2n) is 4.05. The molecule has 0 aromatic heterocycles. The van der Waals surface area contributed by atoms with Gasteiger partial charge in [-0.05, 0) is 24.2 Å². The van der Waals surface area contributed by atoms with Crippen LogP contribution in [0, 0.1) is 0 Å². The highest BCUT2D eigenvalue weighted by molar-refractivity contribution is 7.89. The number of halogens is 2. The Morgan fingerprint density at radius 2 is 2.00 bits per heavy atom. The number of sulfonamides is 1. The first-order valence-electron chi connectivity index (χ1n) is 6.09. The van der Waals surface area contributed by atoms with Crippen LogP contribution in [0.4, 0.5) is 0 Å². The van der Waals surface area contributed by atoms with E-state index in [0.29, 0.717) is 17.1 Å². The minimum Gasteiger partial charge on any atom is -0.383 e. The average Bonchev–Trinajstić information content (AvgIpc) is 2.39. The Kier molecular flexibility index (Phi) is 7.22. The van der Waals surface area contributed by atoms with Crippen LogP contribution in [0.3, 0.4) is 0 Å². The monoisotopic (exact) mass is 340 g/mol. The van der Waals surface area contributed by atoms with Crippen molar-refractivity contribution >= 4 is 33.2 Å². The van der Waals surface area contributed by atoms with E-state index in [0.717, 1.165) is 6.54 Å². The van der Waals surface area contributed by atoms with Gasteiger partial charge in [0.15, 0.2) is 0 Å². The van der Waals surface area contributed by atoms with Crippen molar-refractivity contribution in [3.05, 3.63) is 27.7 Å². The molecule has 0 radical (unpaired) electrons. The number of ether oxygens (including phenoxy) is 1. The Hall–Kier alpha value is -0.370. The molecule has 0 bridgehead atoms. The Balaban J connectivity index is 3.07. The van der Waals surface area contributed by atoms with E-state index in [2.05, 4.69) is 10.0 Å². The molecule has 0 aliphatic rings. The molecular weight excluding hydrogens is 323 g/mol. The molecule has 5 nitrogen and oxygen atoms in total. The molecule has 0 fully saturated rings. The maximum Gasteiger partial charge on any atom is 0.242 e. The quantitative estimate of drug-likeness (QED) is 0.710. The summed E-state index contributed by atoms with van der Waals surface area (Å²) in [4.78, 5) is -0.0179. The minimum atomic E-state index is -3.71. The Labute approximate surface area is 129 Å². The van der Waals surface area contributed by atoms with Crippen molar-refractivity contribution in [3.63, 3.8) is 0 Å². The molecule has 0 amide bonds. The number of hydrogen-bond donors (Lipinski definition) is 2. The lowest BCUT2D eigenvalue weighted by Crippen LogP contribution is -2.27. The lowest BCUT2D eigenvalue weighted by molar-refractivity contribution is 0.204. The van der Waals surface area contributed by atoms with Gasteiger partial charge in [-0.2, -0.15) is 0 Å². The van der Waals surface area contributed by atoms with Crippen molar-refractivity contribution in [2.75, 3.05) is 26.8 Å². The molecular formula is C12H18Cl2N2O3S. The lowest BCUT2D eigenvalue weighted by atomic mass is 10.2. The van der Waals surface area contributed by atoms with E-state index in [-0.39, 0.29) is 23.1 Å². The normalized spacial score (nSPS) is 11.8. The summed E-state index contributed by atoms with van der Waals surface area (Å²) in [6.45, 7) is 3.60. The molecule has 0 heterocycles. The average molecular weight is 341 g/mol. The van der Waals surface area contributed by atoms with Crippen LogP contribution in [-0.2, 0) is 21.3 Å². The summed E-state index contributed by atoms with van der Waals surface area (Å²) >= 11 is 12.1. The van der Waals surface area contributed by atoms with E-state index < -0.39 is 10.0 Å². The van der Waals surface area contributed by atoms with Gasteiger partial charge in [-0.3, -0.25) is 0 Å². The van der Waals surface area contributed by atoms with Gasteiger partial charge in [-0.1, -0.05) is 30.1 Å². The largest absolute Gasteiger partial charge is 0.383 e. The van der Waals surface area contributed by atoms with Crippen LogP contribution < -0.4 is 10.0 Å². The molecule has 1 aromatic carbocycles. The van der Waals surface area contributed by atoms with Crippen LogP contribution in [0.5, 0.6) is 0 Å². The number of nitrogens with one attached hydrogen (secondary N) is 2. The molecule has 0 aliphatic heterocycles. The van der Waals surface area contributed by atoms with E-state index in [1.54, 1.807) is 6.07 Å². The molecule has 0 saturated heterocycles. The maximum atomic E-state index is 12.2. The van der Waals surface area contributed by atoms with Crippen molar-refractivity contribution < 1.29 is 13.2 Å². The molecule has 0 atom stereocenters. The van der Waals surface area contributed by atoms with Gasteiger partial charge >= 0.3 is 0 Å². The Bertz CT molecular complexity index is 550. The third-order valence-corrected chi connectivity index (χ3v) is 4.79. The SMILES string of the molecule is CCNCc1cc(Cl)cc(S(=O)(=O)NCCOC)c1Cl. The first kappa shape index (κ1) is 17.7. The molecule has 1 rings (SSSR count). The van der Waals surface area contributed by atoms with Crippen LogP contribution in [0.2, 0.25) is 10.0 Å². The predicted molar refractivity (Wildman–Crippen MR) is 80.9 cm³/mol. The molecule has 2 N–H and O–H groups in total. The van der Waals surface area contributed by atoms with Gasteiger partial charge in [0.1, 0.15) is 4.90 Å². The molecule has 1 aromatic rings. The van der Waals surface area contributed by atoms with Crippen LogP contribution in [0.1, 0.15) is 12.5 Å². The van der Waals surface area contributed by atoms with Crippen molar-refractivity contribution in [1.29, 1.82) is 0 Å². The summed E-state index contributed by atoms with van der Waals surface area (Å²) < 4.78 is 31.6. The van der Waals surface area contributed by atoms with Gasteiger partial charge < -0.3 is 10.1 Å². The van der Waals surface area contributed by atoms with Gasteiger partial charge in [0.2, 0.25) is 10.0 Å². The highest BCUT2D eigenvalue weighted by atomic mass is 35.5. The minimum absolute atomic E-state index is 0.0179. The predicted octanol–water partition coefficient (Wildman–Crippen LogP) is 2.03. The standard InChI is InChI=1S/C12H18Cl2N2O3S/c1-3-15-8-9-6-10(13)7-11(12(9)14)20(17,18)16-4-5-19-2/h6-7,15-16H,3-5,8H2,1-2H3. The number of benzene rings is 1. The molecule has 8 heteroatoms. The fraction of sp³-hybridized carbons (Fsp3) is 0.500. The van der Waals surface area contributed by atoms with Crippen LogP contribution in [-0.4, -0.2) is 35.2 Å². The fourth-order valence-corrected chi connectivity index (χ4v) is 3.50. The Morgan fingerprint density at radius 1 is 1.30 bits per heavy atom. The van der Waals surface area contributed by atoms with E-state index in [9.17, 15) is 8.42 Å². The van der Waals surface area contributed by atoms with E-state index in [1.807, 2.05) is 6.92 Å². The summed E-state index contributed by atoms with van der Waals surface area (Å²) in [6, 6.07) is 3.00. The molecule has 114 valence electrons. The zero-order chi connectivity index (χ0) is 15.2. The first-order valence-corrected chi connectivity index (χ1v) is 8.33. The van der Waals surface area contributed by atoms with E-state index in [1.165, 1.54) is 13.2 Å². The van der Waals surface area contributed by atoms with Crippen molar-refractivity contribution in [2.24, 2.45) is 0 Å². The summed E-state index contributed by atoms with van der Waals surface area (Å²) in [6.07, 6.45) is 0. The molecule has 0 unspecified atom stereocenters. The summed E-state index contributed by atoms with van der Waals surface area (Å²) in [5, 5.41) is 3.59. The number of rotatable bonds is 8. The summed E-state index contributed by atoms with van der Waals surface area (Å²) in [5.74, 6) is 0. The highest BCUT2D eigenvalue weighted by Gasteiger charge is 2.20. The van der Waals surface area contributed by atoms with Crippen molar-refractivity contribution in [1.82, 2.24) is 10.0 Å².